The highest BCUT2D eigenvalue weighted by Gasteiger charge is 2.37. The molecule has 9 heteroatoms. The maximum absolute atomic E-state index is 13.1. The molecule has 0 spiro atoms. The van der Waals surface area contributed by atoms with Crippen molar-refractivity contribution in [2.24, 2.45) is 5.41 Å². The number of carboxylic acids is 1. The first-order chi connectivity index (χ1) is 18.3. The second kappa shape index (κ2) is 13.1. The molecule has 2 aromatic carbocycles. The van der Waals surface area contributed by atoms with Crippen LogP contribution < -0.4 is 4.74 Å². The molecule has 0 bridgehead atoms. The standard InChI is InChI=1S/C29H34ClFN2O4S/c1-37-21-5-8-25-23(17-21)28(24(30)19-32-25)26(34)9-10-29(18-27(35)36)11-14-33(15-12-29)13-2-16-38-22-6-3-20(31)4-7-22/h3-8,17,19,26,34H,2,9-16,18H2,1H3,(H,35,36)/t26-/m0/s1. The first-order valence-electron chi connectivity index (χ1n) is 12.9. The number of aromatic nitrogens is 1. The number of aliphatic hydroxyl groups excluding tert-OH is 1. The number of ether oxygens (including phenoxy) is 1. The van der Waals surface area contributed by atoms with Gasteiger partial charge in [0.1, 0.15) is 11.6 Å². The van der Waals surface area contributed by atoms with Gasteiger partial charge in [-0.3, -0.25) is 9.78 Å². The molecular formula is C29H34ClFN2O4S. The van der Waals surface area contributed by atoms with Gasteiger partial charge in [0.05, 0.1) is 30.2 Å². The maximum atomic E-state index is 13.1. The Balaban J connectivity index is 1.34. The van der Waals surface area contributed by atoms with Gasteiger partial charge in [0.15, 0.2) is 0 Å². The average molecular weight is 561 g/mol. The second-order valence-electron chi connectivity index (χ2n) is 10.0. The molecule has 6 nitrogen and oxygen atoms in total. The first kappa shape index (κ1) is 28.6. The highest BCUT2D eigenvalue weighted by Crippen LogP contribution is 2.43. The topological polar surface area (TPSA) is 82.9 Å². The van der Waals surface area contributed by atoms with Crippen molar-refractivity contribution in [2.45, 2.75) is 49.5 Å². The summed E-state index contributed by atoms with van der Waals surface area (Å²) >= 11 is 8.19. The molecule has 1 aliphatic heterocycles. The quantitative estimate of drug-likeness (QED) is 0.191. The number of piperidine rings is 1. The molecule has 0 aliphatic carbocycles. The summed E-state index contributed by atoms with van der Waals surface area (Å²) in [6.07, 6.45) is 4.36. The number of aliphatic carboxylic acids is 1. The van der Waals surface area contributed by atoms with Crippen LogP contribution >= 0.6 is 23.4 Å². The van der Waals surface area contributed by atoms with E-state index < -0.39 is 12.1 Å². The van der Waals surface area contributed by atoms with Crippen LogP contribution in [-0.2, 0) is 4.79 Å². The fraction of sp³-hybridized carbons (Fsp3) is 0.448. The van der Waals surface area contributed by atoms with Crippen molar-refractivity contribution < 1.29 is 24.1 Å². The van der Waals surface area contributed by atoms with Crippen molar-refractivity contribution in [3.05, 3.63) is 65.1 Å². The molecule has 1 atom stereocenters. The number of pyridine rings is 1. The third-order valence-electron chi connectivity index (χ3n) is 7.49. The third-order valence-corrected chi connectivity index (χ3v) is 8.89. The Kier molecular flexibility index (Phi) is 9.87. The molecule has 2 N–H and O–H groups in total. The Morgan fingerprint density at radius 1 is 1.24 bits per heavy atom. The van der Waals surface area contributed by atoms with Crippen molar-refractivity contribution >= 4 is 40.2 Å². The Morgan fingerprint density at radius 3 is 2.66 bits per heavy atom. The van der Waals surface area contributed by atoms with Gasteiger partial charge >= 0.3 is 5.97 Å². The van der Waals surface area contributed by atoms with Crippen LogP contribution in [0.4, 0.5) is 4.39 Å². The maximum Gasteiger partial charge on any atom is 0.303 e. The van der Waals surface area contributed by atoms with Crippen molar-refractivity contribution in [3.8, 4) is 5.75 Å². The molecule has 0 radical (unpaired) electrons. The van der Waals surface area contributed by atoms with E-state index in [0.29, 0.717) is 29.2 Å². The number of rotatable bonds is 12. The summed E-state index contributed by atoms with van der Waals surface area (Å²) in [5.41, 5.74) is 0.964. The van der Waals surface area contributed by atoms with Crippen LogP contribution in [0.3, 0.4) is 0 Å². The summed E-state index contributed by atoms with van der Waals surface area (Å²) in [6, 6.07) is 12.0. The number of carboxylic acid groups (broad SMARTS) is 1. The van der Waals surface area contributed by atoms with Crippen LogP contribution in [0.15, 0.2) is 53.6 Å². The van der Waals surface area contributed by atoms with Gasteiger partial charge in [-0.15, -0.1) is 11.8 Å². The van der Waals surface area contributed by atoms with Gasteiger partial charge in [0.25, 0.3) is 0 Å². The Labute approximate surface area is 232 Å². The fourth-order valence-corrected chi connectivity index (χ4v) is 6.43. The Morgan fingerprint density at radius 2 is 1.97 bits per heavy atom. The monoisotopic (exact) mass is 560 g/mol. The van der Waals surface area contributed by atoms with E-state index in [1.165, 1.54) is 12.1 Å². The number of aliphatic hydroxyl groups is 1. The molecule has 2 heterocycles. The molecule has 4 rings (SSSR count). The zero-order chi connectivity index (χ0) is 27.1. The molecule has 0 unspecified atom stereocenters. The van der Waals surface area contributed by atoms with Crippen molar-refractivity contribution in [2.75, 3.05) is 32.5 Å². The number of carbonyl (C=O) groups is 1. The first-order valence-corrected chi connectivity index (χ1v) is 14.3. The predicted molar refractivity (Wildman–Crippen MR) is 150 cm³/mol. The fourth-order valence-electron chi connectivity index (χ4n) is 5.32. The minimum absolute atomic E-state index is 0.0899. The zero-order valence-corrected chi connectivity index (χ0v) is 23.1. The van der Waals surface area contributed by atoms with E-state index in [0.717, 1.165) is 60.4 Å². The van der Waals surface area contributed by atoms with Gasteiger partial charge in [-0.25, -0.2) is 4.39 Å². The van der Waals surface area contributed by atoms with E-state index in [2.05, 4.69) is 9.88 Å². The number of hydrogen-bond acceptors (Lipinski definition) is 6. The van der Waals surface area contributed by atoms with Crippen LogP contribution in [0.2, 0.25) is 5.02 Å². The molecule has 3 aromatic rings. The minimum atomic E-state index is -0.840. The highest BCUT2D eigenvalue weighted by atomic mass is 35.5. The highest BCUT2D eigenvalue weighted by molar-refractivity contribution is 7.99. The zero-order valence-electron chi connectivity index (χ0n) is 21.5. The Bertz CT molecular complexity index is 1240. The lowest BCUT2D eigenvalue weighted by molar-refractivity contribution is -0.141. The molecule has 1 aliphatic rings. The lowest BCUT2D eigenvalue weighted by Crippen LogP contribution is -2.41. The van der Waals surface area contributed by atoms with Crippen molar-refractivity contribution in [1.82, 2.24) is 9.88 Å². The van der Waals surface area contributed by atoms with Crippen molar-refractivity contribution in [3.63, 3.8) is 0 Å². The summed E-state index contributed by atoms with van der Waals surface area (Å²) in [4.78, 5) is 19.6. The largest absolute Gasteiger partial charge is 0.497 e. The number of hydrogen-bond donors (Lipinski definition) is 2. The van der Waals surface area contributed by atoms with E-state index in [4.69, 9.17) is 16.3 Å². The molecule has 1 fully saturated rings. The predicted octanol–water partition coefficient (Wildman–Crippen LogP) is 6.59. The number of nitrogens with zero attached hydrogens (tertiary/aromatic N) is 2. The minimum Gasteiger partial charge on any atom is -0.497 e. The molecule has 204 valence electrons. The van der Waals surface area contributed by atoms with Crippen LogP contribution in [0.1, 0.15) is 50.2 Å². The number of thioether (sulfide) groups is 1. The van der Waals surface area contributed by atoms with Gasteiger partial charge in [0.2, 0.25) is 0 Å². The lowest BCUT2D eigenvalue weighted by Gasteiger charge is -2.41. The summed E-state index contributed by atoms with van der Waals surface area (Å²) in [5, 5.41) is 22.0. The van der Waals surface area contributed by atoms with Crippen LogP contribution in [0.5, 0.6) is 5.75 Å². The lowest BCUT2D eigenvalue weighted by atomic mass is 9.71. The smallest absolute Gasteiger partial charge is 0.303 e. The summed E-state index contributed by atoms with van der Waals surface area (Å²) in [7, 11) is 1.58. The number of fused-ring (bicyclic) bond motifs is 1. The van der Waals surface area contributed by atoms with Crippen LogP contribution in [0, 0.1) is 11.2 Å². The van der Waals surface area contributed by atoms with E-state index in [1.54, 1.807) is 37.2 Å². The van der Waals surface area contributed by atoms with Gasteiger partial charge in [-0.1, -0.05) is 11.6 Å². The van der Waals surface area contributed by atoms with E-state index in [9.17, 15) is 19.4 Å². The number of halogens is 2. The van der Waals surface area contributed by atoms with Gasteiger partial charge in [-0.2, -0.15) is 0 Å². The molecule has 38 heavy (non-hydrogen) atoms. The van der Waals surface area contributed by atoms with Crippen LogP contribution in [-0.4, -0.2) is 58.6 Å². The van der Waals surface area contributed by atoms with Gasteiger partial charge in [-0.05, 0) is 105 Å². The van der Waals surface area contributed by atoms with Crippen LogP contribution in [0.25, 0.3) is 10.9 Å². The molecule has 1 aromatic heterocycles. The normalized spacial score (nSPS) is 16.4. The summed E-state index contributed by atoms with van der Waals surface area (Å²) in [5.74, 6) is 0.569. The van der Waals surface area contributed by atoms with Gasteiger partial charge < -0.3 is 19.8 Å². The van der Waals surface area contributed by atoms with E-state index in [-0.39, 0.29) is 17.7 Å². The molecule has 0 amide bonds. The summed E-state index contributed by atoms with van der Waals surface area (Å²) < 4.78 is 18.4. The summed E-state index contributed by atoms with van der Waals surface area (Å²) in [6.45, 7) is 2.61. The van der Waals surface area contributed by atoms with Gasteiger partial charge in [0, 0.05) is 22.0 Å². The average Bonchev–Trinajstić information content (AvgIpc) is 2.91. The van der Waals surface area contributed by atoms with E-state index in [1.807, 2.05) is 18.2 Å². The number of methoxy groups -OCH3 is 1. The Hall–Kier alpha value is -2.39. The number of benzene rings is 2. The second-order valence-corrected chi connectivity index (χ2v) is 11.6. The third kappa shape index (κ3) is 7.38. The number of likely N-dealkylation sites (tertiary alicyclic amines) is 1. The molecule has 1 saturated heterocycles. The SMILES string of the molecule is COc1ccc2ncc(Cl)c([C@@H](O)CCC3(CC(=O)O)CCN(CCCSc4ccc(F)cc4)CC3)c2c1. The molecule has 0 saturated carbocycles. The molecular weight excluding hydrogens is 527 g/mol. The van der Waals surface area contributed by atoms with Crippen molar-refractivity contribution in [1.29, 1.82) is 0 Å². The van der Waals surface area contributed by atoms with E-state index >= 15 is 0 Å².